The quantitative estimate of drug-likeness (QED) is 0.609. The van der Waals surface area contributed by atoms with Crippen molar-refractivity contribution in [2.75, 3.05) is 26.2 Å². The van der Waals surface area contributed by atoms with E-state index in [-0.39, 0.29) is 5.91 Å². The maximum atomic E-state index is 11.5. The molecule has 0 unspecified atom stereocenters. The van der Waals surface area contributed by atoms with Crippen molar-refractivity contribution >= 4 is 5.91 Å². The minimum Gasteiger partial charge on any atom is -0.337 e. The Morgan fingerprint density at radius 1 is 1.21 bits per heavy atom. The Labute approximate surface area is 85.4 Å². The predicted octanol–water partition coefficient (Wildman–Crippen LogP) is 0.869. The van der Waals surface area contributed by atoms with Crippen molar-refractivity contribution in [1.82, 2.24) is 9.80 Å². The molecule has 3 heteroatoms. The van der Waals surface area contributed by atoms with Crippen LogP contribution in [0.5, 0.6) is 0 Å². The predicted molar refractivity (Wildman–Crippen MR) is 56.0 cm³/mol. The number of allylic oxidation sites excluding steroid dienone is 1. The van der Waals surface area contributed by atoms with Gasteiger partial charge in [-0.3, -0.25) is 9.69 Å². The summed E-state index contributed by atoms with van der Waals surface area (Å²) in [6, 6.07) is 0.842. The Bertz CT molecular complexity index is 238. The lowest BCUT2D eigenvalue weighted by Gasteiger charge is -2.34. The van der Waals surface area contributed by atoms with Crippen molar-refractivity contribution in [3.05, 3.63) is 12.2 Å². The largest absolute Gasteiger partial charge is 0.337 e. The van der Waals surface area contributed by atoms with E-state index in [1.165, 1.54) is 12.8 Å². The van der Waals surface area contributed by atoms with Gasteiger partial charge in [-0.15, -0.1) is 0 Å². The van der Waals surface area contributed by atoms with Crippen LogP contribution >= 0.6 is 0 Å². The molecule has 0 atom stereocenters. The number of hydrogen-bond acceptors (Lipinski definition) is 2. The van der Waals surface area contributed by atoms with E-state index in [1.807, 2.05) is 17.9 Å². The van der Waals surface area contributed by atoms with E-state index >= 15 is 0 Å². The zero-order valence-electron chi connectivity index (χ0n) is 8.78. The fraction of sp³-hybridized carbons (Fsp3) is 0.727. The molecule has 0 N–H and O–H groups in total. The van der Waals surface area contributed by atoms with Crippen molar-refractivity contribution in [1.29, 1.82) is 0 Å². The van der Waals surface area contributed by atoms with Gasteiger partial charge < -0.3 is 4.90 Å². The summed E-state index contributed by atoms with van der Waals surface area (Å²) in [4.78, 5) is 16.0. The molecule has 0 radical (unpaired) electrons. The second-order valence-corrected chi connectivity index (χ2v) is 4.09. The second kappa shape index (κ2) is 4.13. The molecule has 0 spiro atoms. The zero-order valence-corrected chi connectivity index (χ0v) is 8.78. The fourth-order valence-electron chi connectivity index (χ4n) is 2.00. The van der Waals surface area contributed by atoms with Gasteiger partial charge in [0, 0.05) is 32.2 Å². The lowest BCUT2D eigenvalue weighted by molar-refractivity contribution is -0.127. The first kappa shape index (κ1) is 9.71. The molecule has 2 aliphatic rings. The third-order valence-corrected chi connectivity index (χ3v) is 3.00. The summed E-state index contributed by atoms with van der Waals surface area (Å²) in [6.45, 7) is 5.82. The molecule has 14 heavy (non-hydrogen) atoms. The van der Waals surface area contributed by atoms with Gasteiger partial charge in [0.05, 0.1) is 0 Å². The SMILES string of the molecule is CC=CC(=O)N1CCN(C2CC2)CC1. The molecule has 3 nitrogen and oxygen atoms in total. The van der Waals surface area contributed by atoms with E-state index in [0.717, 1.165) is 32.2 Å². The van der Waals surface area contributed by atoms with Crippen LogP contribution in [0.15, 0.2) is 12.2 Å². The lowest BCUT2D eigenvalue weighted by atomic mass is 10.3. The smallest absolute Gasteiger partial charge is 0.246 e. The molecule has 1 aliphatic carbocycles. The minimum atomic E-state index is 0.169. The van der Waals surface area contributed by atoms with Gasteiger partial charge in [0.25, 0.3) is 0 Å². The standard InChI is InChI=1S/C11H18N2O/c1-2-3-11(14)13-8-6-12(7-9-13)10-4-5-10/h2-3,10H,4-9H2,1H3. The van der Waals surface area contributed by atoms with Crippen LogP contribution in [-0.4, -0.2) is 47.9 Å². The number of carbonyl (C=O) groups excluding carboxylic acids is 1. The van der Waals surface area contributed by atoms with Crippen LogP contribution in [0.1, 0.15) is 19.8 Å². The first-order chi connectivity index (χ1) is 6.81. The van der Waals surface area contributed by atoms with Crippen LogP contribution in [0.2, 0.25) is 0 Å². The average molecular weight is 194 g/mol. The molecule has 1 amide bonds. The molecule has 1 saturated heterocycles. The minimum absolute atomic E-state index is 0.169. The molecular weight excluding hydrogens is 176 g/mol. The normalized spacial score (nSPS) is 24.5. The highest BCUT2D eigenvalue weighted by Gasteiger charge is 2.31. The Morgan fingerprint density at radius 3 is 2.36 bits per heavy atom. The van der Waals surface area contributed by atoms with E-state index in [1.54, 1.807) is 6.08 Å². The second-order valence-electron chi connectivity index (χ2n) is 4.09. The molecule has 0 aromatic heterocycles. The summed E-state index contributed by atoms with van der Waals surface area (Å²) < 4.78 is 0. The van der Waals surface area contributed by atoms with E-state index < -0.39 is 0 Å². The molecule has 0 aromatic rings. The number of amides is 1. The van der Waals surface area contributed by atoms with Crippen molar-refractivity contribution in [3.8, 4) is 0 Å². The molecule has 1 saturated carbocycles. The maximum absolute atomic E-state index is 11.5. The van der Waals surface area contributed by atoms with Gasteiger partial charge in [-0.05, 0) is 25.8 Å². The highest BCUT2D eigenvalue weighted by atomic mass is 16.2. The third-order valence-electron chi connectivity index (χ3n) is 3.00. The van der Waals surface area contributed by atoms with Crippen molar-refractivity contribution in [3.63, 3.8) is 0 Å². The Morgan fingerprint density at radius 2 is 1.86 bits per heavy atom. The molecule has 1 aliphatic heterocycles. The van der Waals surface area contributed by atoms with E-state index in [2.05, 4.69) is 4.90 Å². The summed E-state index contributed by atoms with van der Waals surface area (Å²) in [6.07, 6.45) is 6.20. The highest BCUT2D eigenvalue weighted by Crippen LogP contribution is 2.27. The van der Waals surface area contributed by atoms with Gasteiger partial charge in [0.15, 0.2) is 0 Å². The number of carbonyl (C=O) groups is 1. The van der Waals surface area contributed by atoms with Crippen molar-refractivity contribution < 1.29 is 4.79 Å². The molecule has 2 rings (SSSR count). The molecule has 0 bridgehead atoms. The first-order valence-electron chi connectivity index (χ1n) is 5.47. The fourth-order valence-corrected chi connectivity index (χ4v) is 2.00. The summed E-state index contributed by atoms with van der Waals surface area (Å²) in [7, 11) is 0. The molecular formula is C11H18N2O. The van der Waals surface area contributed by atoms with Gasteiger partial charge in [-0.1, -0.05) is 6.08 Å². The molecule has 2 fully saturated rings. The van der Waals surface area contributed by atoms with Gasteiger partial charge in [0.2, 0.25) is 5.91 Å². The number of hydrogen-bond donors (Lipinski definition) is 0. The van der Waals surface area contributed by atoms with Crippen molar-refractivity contribution in [2.24, 2.45) is 0 Å². The average Bonchev–Trinajstić information content (AvgIpc) is 3.02. The number of nitrogens with zero attached hydrogens (tertiary/aromatic N) is 2. The van der Waals surface area contributed by atoms with Gasteiger partial charge in [-0.2, -0.15) is 0 Å². The number of rotatable bonds is 2. The van der Waals surface area contributed by atoms with Crippen LogP contribution in [0, 0.1) is 0 Å². The topological polar surface area (TPSA) is 23.6 Å². The Kier molecular flexibility index (Phi) is 2.87. The molecule has 0 aromatic carbocycles. The molecule has 1 heterocycles. The van der Waals surface area contributed by atoms with Crippen LogP contribution < -0.4 is 0 Å². The van der Waals surface area contributed by atoms with Crippen LogP contribution in [0.4, 0.5) is 0 Å². The van der Waals surface area contributed by atoms with Crippen LogP contribution in [0.3, 0.4) is 0 Å². The van der Waals surface area contributed by atoms with Crippen molar-refractivity contribution in [2.45, 2.75) is 25.8 Å². The Balaban J connectivity index is 1.79. The summed E-state index contributed by atoms with van der Waals surface area (Å²) in [5, 5.41) is 0. The zero-order chi connectivity index (χ0) is 9.97. The summed E-state index contributed by atoms with van der Waals surface area (Å²) in [5.41, 5.74) is 0. The Hall–Kier alpha value is -0.830. The monoisotopic (exact) mass is 194 g/mol. The summed E-state index contributed by atoms with van der Waals surface area (Å²) >= 11 is 0. The third kappa shape index (κ3) is 2.15. The summed E-state index contributed by atoms with van der Waals surface area (Å²) in [5.74, 6) is 0.169. The van der Waals surface area contributed by atoms with Crippen LogP contribution in [-0.2, 0) is 4.79 Å². The number of piperazine rings is 1. The lowest BCUT2D eigenvalue weighted by Crippen LogP contribution is -2.48. The van der Waals surface area contributed by atoms with Gasteiger partial charge >= 0.3 is 0 Å². The van der Waals surface area contributed by atoms with E-state index in [9.17, 15) is 4.79 Å². The molecule has 78 valence electrons. The maximum Gasteiger partial charge on any atom is 0.246 e. The van der Waals surface area contributed by atoms with E-state index in [0.29, 0.717) is 0 Å². The van der Waals surface area contributed by atoms with Crippen LogP contribution in [0.25, 0.3) is 0 Å². The van der Waals surface area contributed by atoms with Gasteiger partial charge in [0.1, 0.15) is 0 Å². The van der Waals surface area contributed by atoms with E-state index in [4.69, 9.17) is 0 Å². The highest BCUT2D eigenvalue weighted by molar-refractivity contribution is 5.87. The first-order valence-corrected chi connectivity index (χ1v) is 5.47. The van der Waals surface area contributed by atoms with Gasteiger partial charge in [-0.25, -0.2) is 0 Å².